The summed E-state index contributed by atoms with van der Waals surface area (Å²) < 4.78 is 0. The summed E-state index contributed by atoms with van der Waals surface area (Å²) >= 11 is 0. The van der Waals surface area contributed by atoms with Gasteiger partial charge in [-0.15, -0.1) is 0 Å². The predicted octanol–water partition coefficient (Wildman–Crippen LogP) is 1.10. The third-order valence-electron chi connectivity index (χ3n) is 3.55. The standard InChI is InChI=1S/C15H20N2O/c1-9-6-7-12-14(10(9)2)16-11(3)13(15(12)18)8-17(4)5/h6-7H,8H2,1-5H3,(H,16,18)/p+1. The first-order valence-electron chi connectivity index (χ1n) is 6.32. The van der Waals surface area contributed by atoms with Crippen LogP contribution in [0, 0.1) is 20.8 Å². The molecule has 3 nitrogen and oxygen atoms in total. The van der Waals surface area contributed by atoms with E-state index in [2.05, 4.69) is 32.9 Å². The second-order valence-electron chi connectivity index (χ2n) is 5.37. The molecule has 0 saturated carbocycles. The molecule has 1 aromatic carbocycles. The lowest BCUT2D eigenvalue weighted by atomic mass is 10.0. The van der Waals surface area contributed by atoms with Crippen LogP contribution < -0.4 is 10.3 Å². The summed E-state index contributed by atoms with van der Waals surface area (Å²) in [5.41, 5.74) is 5.41. The maximum Gasteiger partial charge on any atom is 0.198 e. The van der Waals surface area contributed by atoms with Crippen LogP contribution in [0.3, 0.4) is 0 Å². The number of fused-ring (bicyclic) bond motifs is 1. The number of benzene rings is 1. The van der Waals surface area contributed by atoms with Crippen LogP contribution in [0.1, 0.15) is 22.4 Å². The molecule has 0 radical (unpaired) electrons. The molecule has 3 heteroatoms. The van der Waals surface area contributed by atoms with Gasteiger partial charge in [-0.3, -0.25) is 4.79 Å². The Morgan fingerprint density at radius 1 is 1.17 bits per heavy atom. The molecule has 2 N–H and O–H groups in total. The van der Waals surface area contributed by atoms with Crippen LogP contribution in [0.4, 0.5) is 0 Å². The van der Waals surface area contributed by atoms with Gasteiger partial charge in [-0.05, 0) is 38.0 Å². The van der Waals surface area contributed by atoms with E-state index < -0.39 is 0 Å². The van der Waals surface area contributed by atoms with Crippen LogP contribution in [0.25, 0.3) is 10.9 Å². The molecule has 0 spiro atoms. The highest BCUT2D eigenvalue weighted by molar-refractivity contribution is 5.83. The molecule has 1 heterocycles. The zero-order valence-electron chi connectivity index (χ0n) is 11.8. The summed E-state index contributed by atoms with van der Waals surface area (Å²) in [7, 11) is 4.12. The highest BCUT2D eigenvalue weighted by Crippen LogP contribution is 2.18. The molecule has 0 unspecified atom stereocenters. The van der Waals surface area contributed by atoms with Crippen molar-refractivity contribution in [3.8, 4) is 0 Å². The highest BCUT2D eigenvalue weighted by Gasteiger charge is 2.13. The topological polar surface area (TPSA) is 37.3 Å². The average molecular weight is 245 g/mol. The van der Waals surface area contributed by atoms with Gasteiger partial charge in [0.2, 0.25) is 0 Å². The maximum atomic E-state index is 12.5. The van der Waals surface area contributed by atoms with Crippen molar-refractivity contribution in [2.24, 2.45) is 0 Å². The molecule has 2 rings (SSSR count). The SMILES string of the molecule is Cc1ccc2c(=O)c(C[NH+](C)C)c(C)[nH]c2c1C. The van der Waals surface area contributed by atoms with Gasteiger partial charge in [0.1, 0.15) is 6.54 Å². The van der Waals surface area contributed by atoms with E-state index in [0.29, 0.717) is 0 Å². The minimum Gasteiger partial charge on any atom is -0.358 e. The molecule has 96 valence electrons. The monoisotopic (exact) mass is 245 g/mol. The fourth-order valence-electron chi connectivity index (χ4n) is 2.33. The zero-order valence-corrected chi connectivity index (χ0v) is 11.8. The van der Waals surface area contributed by atoms with E-state index in [0.717, 1.165) is 34.3 Å². The van der Waals surface area contributed by atoms with Gasteiger partial charge < -0.3 is 9.88 Å². The molecular weight excluding hydrogens is 224 g/mol. The van der Waals surface area contributed by atoms with E-state index in [-0.39, 0.29) is 5.43 Å². The summed E-state index contributed by atoms with van der Waals surface area (Å²) in [5, 5.41) is 0.806. The van der Waals surface area contributed by atoms with Crippen LogP contribution in [-0.2, 0) is 6.54 Å². The number of hydrogen-bond acceptors (Lipinski definition) is 1. The van der Waals surface area contributed by atoms with Crippen molar-refractivity contribution < 1.29 is 4.90 Å². The van der Waals surface area contributed by atoms with Gasteiger partial charge in [0, 0.05) is 11.1 Å². The number of rotatable bonds is 2. The van der Waals surface area contributed by atoms with Crippen molar-refractivity contribution in [3.63, 3.8) is 0 Å². The van der Waals surface area contributed by atoms with E-state index in [1.54, 1.807) is 0 Å². The van der Waals surface area contributed by atoms with Crippen LogP contribution in [0.2, 0.25) is 0 Å². The van der Waals surface area contributed by atoms with E-state index in [1.807, 2.05) is 19.1 Å². The minimum absolute atomic E-state index is 0.172. The molecular formula is C15H21N2O+. The third-order valence-corrected chi connectivity index (χ3v) is 3.55. The van der Waals surface area contributed by atoms with Gasteiger partial charge in [0.05, 0.1) is 25.2 Å². The number of H-pyrrole nitrogens is 1. The summed E-state index contributed by atoms with van der Waals surface area (Å²) in [6.07, 6.45) is 0. The smallest absolute Gasteiger partial charge is 0.198 e. The predicted molar refractivity (Wildman–Crippen MR) is 75.3 cm³/mol. The molecule has 1 aromatic heterocycles. The van der Waals surface area contributed by atoms with E-state index >= 15 is 0 Å². The number of quaternary nitrogens is 1. The fraction of sp³-hybridized carbons (Fsp3) is 0.400. The van der Waals surface area contributed by atoms with Crippen molar-refractivity contribution in [1.82, 2.24) is 4.98 Å². The number of aromatic amines is 1. The first kappa shape index (κ1) is 12.8. The molecule has 0 atom stereocenters. The second-order valence-corrected chi connectivity index (χ2v) is 5.37. The van der Waals surface area contributed by atoms with Gasteiger partial charge in [-0.2, -0.15) is 0 Å². The fourth-order valence-corrected chi connectivity index (χ4v) is 2.33. The lowest BCUT2D eigenvalue weighted by molar-refractivity contribution is -0.872. The molecule has 0 saturated heterocycles. The number of aromatic nitrogens is 1. The van der Waals surface area contributed by atoms with E-state index in [9.17, 15) is 4.79 Å². The second kappa shape index (κ2) is 4.58. The summed E-state index contributed by atoms with van der Waals surface area (Å²) in [4.78, 5) is 17.2. The summed E-state index contributed by atoms with van der Waals surface area (Å²) in [5.74, 6) is 0. The van der Waals surface area contributed by atoms with Crippen LogP contribution in [0.5, 0.6) is 0 Å². The Hall–Kier alpha value is -1.61. The number of nitrogens with one attached hydrogen (secondary N) is 2. The van der Waals surface area contributed by atoms with E-state index in [4.69, 9.17) is 0 Å². The zero-order chi connectivity index (χ0) is 13.4. The van der Waals surface area contributed by atoms with Crippen molar-refractivity contribution >= 4 is 10.9 Å². The first-order valence-corrected chi connectivity index (χ1v) is 6.32. The van der Waals surface area contributed by atoms with Crippen LogP contribution >= 0.6 is 0 Å². The molecule has 0 aliphatic heterocycles. The molecule has 0 aliphatic carbocycles. The Morgan fingerprint density at radius 3 is 2.44 bits per heavy atom. The summed E-state index contributed by atoms with van der Waals surface area (Å²) in [6, 6.07) is 3.96. The van der Waals surface area contributed by atoms with Gasteiger partial charge >= 0.3 is 0 Å². The van der Waals surface area contributed by atoms with Gasteiger partial charge in [-0.1, -0.05) is 6.07 Å². The lowest BCUT2D eigenvalue weighted by Gasteiger charge is -2.12. The quantitative estimate of drug-likeness (QED) is 0.817. The van der Waals surface area contributed by atoms with Gasteiger partial charge in [-0.25, -0.2) is 0 Å². The number of pyridine rings is 1. The average Bonchev–Trinajstić information content (AvgIpc) is 2.29. The largest absolute Gasteiger partial charge is 0.358 e. The van der Waals surface area contributed by atoms with Crippen LogP contribution in [0.15, 0.2) is 16.9 Å². The highest BCUT2D eigenvalue weighted by atomic mass is 16.1. The first-order chi connectivity index (χ1) is 8.41. The molecule has 0 fully saturated rings. The number of hydrogen-bond donors (Lipinski definition) is 2. The Labute approximate surface area is 107 Å². The Morgan fingerprint density at radius 2 is 1.83 bits per heavy atom. The molecule has 0 aliphatic rings. The molecule has 0 amide bonds. The van der Waals surface area contributed by atoms with E-state index in [1.165, 1.54) is 10.5 Å². The summed E-state index contributed by atoms with van der Waals surface area (Å²) in [6.45, 7) is 6.87. The Balaban J connectivity index is 2.80. The normalized spacial score (nSPS) is 11.4. The minimum atomic E-state index is 0.172. The molecule has 2 aromatic rings. The maximum absolute atomic E-state index is 12.5. The molecule has 0 bridgehead atoms. The molecule has 18 heavy (non-hydrogen) atoms. The van der Waals surface area contributed by atoms with Crippen molar-refractivity contribution in [2.75, 3.05) is 14.1 Å². The number of aryl methyl sites for hydroxylation is 3. The van der Waals surface area contributed by atoms with Gasteiger partial charge in [0.15, 0.2) is 5.43 Å². The third kappa shape index (κ3) is 2.06. The van der Waals surface area contributed by atoms with Gasteiger partial charge in [0.25, 0.3) is 0 Å². The van der Waals surface area contributed by atoms with Crippen molar-refractivity contribution in [1.29, 1.82) is 0 Å². The Kier molecular flexibility index (Phi) is 3.26. The van der Waals surface area contributed by atoms with Crippen molar-refractivity contribution in [2.45, 2.75) is 27.3 Å². The lowest BCUT2D eigenvalue weighted by Crippen LogP contribution is -3.04. The van der Waals surface area contributed by atoms with Crippen LogP contribution in [-0.4, -0.2) is 19.1 Å². The Bertz CT molecular complexity index is 654. The van der Waals surface area contributed by atoms with Crippen molar-refractivity contribution in [3.05, 3.63) is 44.7 Å².